The molecule has 15 heavy (non-hydrogen) atoms. The summed E-state index contributed by atoms with van der Waals surface area (Å²) in [5, 5.41) is 17.0. The summed E-state index contributed by atoms with van der Waals surface area (Å²) in [6, 6.07) is 7.91. The van der Waals surface area contributed by atoms with Crippen molar-refractivity contribution in [2.45, 2.75) is 19.8 Å². The molecule has 1 rings (SSSR count). The summed E-state index contributed by atoms with van der Waals surface area (Å²) >= 11 is 0. The number of nitrogens with zero attached hydrogens (tertiary/aromatic N) is 3. The van der Waals surface area contributed by atoms with Crippen molar-refractivity contribution in [2.24, 2.45) is 0 Å². The summed E-state index contributed by atoms with van der Waals surface area (Å²) in [5.74, 6) is 1.57. The van der Waals surface area contributed by atoms with Crippen LogP contribution in [0.15, 0.2) is 16.5 Å². The van der Waals surface area contributed by atoms with E-state index in [4.69, 9.17) is 14.9 Å². The predicted octanol–water partition coefficient (Wildman–Crippen LogP) is 2.22. The van der Waals surface area contributed by atoms with Gasteiger partial charge in [0.15, 0.2) is 5.88 Å². The molecule has 1 aromatic rings. The fourth-order valence-corrected chi connectivity index (χ4v) is 1.29. The van der Waals surface area contributed by atoms with Gasteiger partial charge in [-0.3, -0.25) is 0 Å². The molecule has 0 N–H and O–H groups in total. The third-order valence-electron chi connectivity index (χ3n) is 2.02. The Labute approximate surface area is 89.3 Å². The molecule has 0 aliphatic heterocycles. The number of furan rings is 1. The Balaban J connectivity index is 2.64. The van der Waals surface area contributed by atoms with Crippen LogP contribution >= 0.6 is 0 Å². The maximum Gasteiger partial charge on any atom is 0.195 e. The maximum atomic E-state index is 8.52. The standard InChI is InChI=1S/C11H13N3O/c1-10-4-5-11(15-10)14(8-2-6-12)9-3-7-13/h4-5H,2-3,8-9H2,1H3. The zero-order valence-electron chi connectivity index (χ0n) is 8.73. The molecule has 0 unspecified atom stereocenters. The molecule has 0 spiro atoms. The molecule has 0 radical (unpaired) electrons. The summed E-state index contributed by atoms with van der Waals surface area (Å²) in [6.45, 7) is 3.08. The summed E-state index contributed by atoms with van der Waals surface area (Å²) in [4.78, 5) is 1.92. The highest BCUT2D eigenvalue weighted by atomic mass is 16.4. The molecule has 0 aromatic carbocycles. The molecule has 0 saturated heterocycles. The molecule has 1 heterocycles. The highest BCUT2D eigenvalue weighted by Crippen LogP contribution is 2.18. The van der Waals surface area contributed by atoms with E-state index in [0.717, 1.165) is 11.6 Å². The first-order chi connectivity index (χ1) is 7.27. The quantitative estimate of drug-likeness (QED) is 0.736. The van der Waals surface area contributed by atoms with Gasteiger partial charge in [-0.15, -0.1) is 0 Å². The number of hydrogen-bond acceptors (Lipinski definition) is 4. The number of aryl methyl sites for hydroxylation is 1. The molecule has 0 amide bonds. The highest BCUT2D eigenvalue weighted by molar-refractivity contribution is 5.36. The monoisotopic (exact) mass is 203 g/mol. The first-order valence-electron chi connectivity index (χ1n) is 4.83. The Bertz CT molecular complexity index is 365. The van der Waals surface area contributed by atoms with Crippen molar-refractivity contribution >= 4 is 5.88 Å². The van der Waals surface area contributed by atoms with Gasteiger partial charge >= 0.3 is 0 Å². The highest BCUT2D eigenvalue weighted by Gasteiger charge is 2.09. The lowest BCUT2D eigenvalue weighted by Crippen LogP contribution is -2.24. The molecule has 4 nitrogen and oxygen atoms in total. The number of anilines is 1. The zero-order valence-corrected chi connectivity index (χ0v) is 8.73. The lowest BCUT2D eigenvalue weighted by atomic mass is 10.3. The SMILES string of the molecule is Cc1ccc(N(CCC#N)CCC#N)o1. The van der Waals surface area contributed by atoms with Gasteiger partial charge in [-0.1, -0.05) is 0 Å². The van der Waals surface area contributed by atoms with Crippen LogP contribution in [0.4, 0.5) is 5.88 Å². The third-order valence-corrected chi connectivity index (χ3v) is 2.02. The molecule has 0 fully saturated rings. The van der Waals surface area contributed by atoms with Crippen LogP contribution in [0.2, 0.25) is 0 Å². The summed E-state index contributed by atoms with van der Waals surface area (Å²) in [5.41, 5.74) is 0. The van der Waals surface area contributed by atoms with Gasteiger partial charge in [-0.2, -0.15) is 10.5 Å². The van der Waals surface area contributed by atoms with E-state index in [1.54, 1.807) is 0 Å². The molecule has 78 valence electrons. The second kappa shape index (κ2) is 5.72. The Hall–Kier alpha value is -1.94. The Morgan fingerprint density at radius 2 is 1.80 bits per heavy atom. The third kappa shape index (κ3) is 3.36. The van der Waals surface area contributed by atoms with Crippen LogP contribution in [-0.4, -0.2) is 13.1 Å². The summed E-state index contributed by atoms with van der Waals surface area (Å²) < 4.78 is 5.45. The van der Waals surface area contributed by atoms with Crippen LogP contribution in [0.5, 0.6) is 0 Å². The van der Waals surface area contributed by atoms with Crippen molar-refractivity contribution in [1.82, 2.24) is 0 Å². The molecule has 1 aromatic heterocycles. The van der Waals surface area contributed by atoms with E-state index in [1.807, 2.05) is 24.0 Å². The van der Waals surface area contributed by atoms with Gasteiger partial charge in [0.1, 0.15) is 5.76 Å². The lowest BCUT2D eigenvalue weighted by molar-refractivity contribution is 0.517. The maximum absolute atomic E-state index is 8.52. The van der Waals surface area contributed by atoms with E-state index < -0.39 is 0 Å². The molecule has 0 aliphatic rings. The van der Waals surface area contributed by atoms with Crippen molar-refractivity contribution in [3.8, 4) is 12.1 Å². The minimum absolute atomic E-state index is 0.436. The first kappa shape index (κ1) is 11.1. The fraction of sp³-hybridized carbons (Fsp3) is 0.455. The Morgan fingerprint density at radius 3 is 2.20 bits per heavy atom. The van der Waals surface area contributed by atoms with Gasteiger partial charge < -0.3 is 9.32 Å². The van der Waals surface area contributed by atoms with Crippen molar-refractivity contribution in [2.75, 3.05) is 18.0 Å². The van der Waals surface area contributed by atoms with Gasteiger partial charge in [0.05, 0.1) is 25.0 Å². The largest absolute Gasteiger partial charge is 0.446 e. The van der Waals surface area contributed by atoms with Crippen molar-refractivity contribution < 1.29 is 4.42 Å². The smallest absolute Gasteiger partial charge is 0.195 e. The number of rotatable bonds is 5. The lowest BCUT2D eigenvalue weighted by Gasteiger charge is -2.18. The van der Waals surface area contributed by atoms with E-state index in [-0.39, 0.29) is 0 Å². The van der Waals surface area contributed by atoms with Gasteiger partial charge in [0.2, 0.25) is 0 Å². The molecule has 0 bridgehead atoms. The summed E-state index contributed by atoms with van der Waals surface area (Å²) in [6.07, 6.45) is 0.871. The normalized spacial score (nSPS) is 9.27. The second-order valence-electron chi connectivity index (χ2n) is 3.19. The van der Waals surface area contributed by atoms with E-state index in [1.165, 1.54) is 0 Å². The van der Waals surface area contributed by atoms with E-state index >= 15 is 0 Å². The predicted molar refractivity (Wildman–Crippen MR) is 56.1 cm³/mol. The molecule has 0 atom stereocenters. The van der Waals surface area contributed by atoms with Crippen LogP contribution in [0.1, 0.15) is 18.6 Å². The molecular formula is C11H13N3O. The van der Waals surface area contributed by atoms with Crippen LogP contribution in [0, 0.1) is 29.6 Å². The van der Waals surface area contributed by atoms with Gasteiger partial charge in [-0.25, -0.2) is 0 Å². The van der Waals surface area contributed by atoms with Crippen molar-refractivity contribution in [1.29, 1.82) is 10.5 Å². The number of nitriles is 2. The van der Waals surface area contributed by atoms with Crippen LogP contribution in [-0.2, 0) is 0 Å². The summed E-state index contributed by atoms with van der Waals surface area (Å²) in [7, 11) is 0. The topological polar surface area (TPSA) is 64.0 Å². The van der Waals surface area contributed by atoms with E-state index in [2.05, 4.69) is 12.1 Å². The average Bonchev–Trinajstić information content (AvgIpc) is 2.65. The second-order valence-corrected chi connectivity index (χ2v) is 3.19. The average molecular weight is 203 g/mol. The molecule has 0 saturated carbocycles. The van der Waals surface area contributed by atoms with Crippen molar-refractivity contribution in [3.05, 3.63) is 17.9 Å². The molecular weight excluding hydrogens is 190 g/mol. The van der Waals surface area contributed by atoms with Crippen LogP contribution < -0.4 is 4.90 Å². The number of hydrogen-bond donors (Lipinski definition) is 0. The van der Waals surface area contributed by atoms with Crippen LogP contribution in [0.3, 0.4) is 0 Å². The Morgan fingerprint density at radius 1 is 1.20 bits per heavy atom. The first-order valence-corrected chi connectivity index (χ1v) is 4.83. The molecule has 4 heteroatoms. The van der Waals surface area contributed by atoms with Crippen LogP contribution in [0.25, 0.3) is 0 Å². The van der Waals surface area contributed by atoms with Gasteiger partial charge in [0.25, 0.3) is 0 Å². The van der Waals surface area contributed by atoms with Crippen molar-refractivity contribution in [3.63, 3.8) is 0 Å². The Kier molecular flexibility index (Phi) is 4.25. The zero-order chi connectivity index (χ0) is 11.1. The van der Waals surface area contributed by atoms with E-state index in [9.17, 15) is 0 Å². The minimum Gasteiger partial charge on any atom is -0.446 e. The van der Waals surface area contributed by atoms with Gasteiger partial charge in [0, 0.05) is 19.2 Å². The fourth-order valence-electron chi connectivity index (χ4n) is 1.29. The minimum atomic E-state index is 0.436. The van der Waals surface area contributed by atoms with E-state index in [0.29, 0.717) is 25.9 Å². The molecule has 0 aliphatic carbocycles. The van der Waals surface area contributed by atoms with Gasteiger partial charge in [-0.05, 0) is 13.0 Å².